The Morgan fingerprint density at radius 2 is 1.70 bits per heavy atom. The zero-order chi connectivity index (χ0) is 15.4. The van der Waals surface area contributed by atoms with Gasteiger partial charge in [0.2, 0.25) is 0 Å². The van der Waals surface area contributed by atoms with Gasteiger partial charge in [0.15, 0.2) is 0 Å². The van der Waals surface area contributed by atoms with Gasteiger partial charge < -0.3 is 4.74 Å². The van der Waals surface area contributed by atoms with E-state index in [-0.39, 0.29) is 12.1 Å². The summed E-state index contributed by atoms with van der Waals surface area (Å²) in [6.45, 7) is 10.9. The van der Waals surface area contributed by atoms with Gasteiger partial charge in [0.25, 0.3) is 0 Å². The first-order valence-electron chi connectivity index (χ1n) is 8.14. The van der Waals surface area contributed by atoms with E-state index in [0.29, 0.717) is 11.7 Å². The molecule has 0 aromatic carbocycles. The van der Waals surface area contributed by atoms with Crippen molar-refractivity contribution in [1.29, 1.82) is 0 Å². The smallest absolute Gasteiger partial charge is 0.311 e. The highest BCUT2D eigenvalue weighted by atomic mass is 16.5. The highest BCUT2D eigenvalue weighted by molar-refractivity contribution is 6.10. The van der Waals surface area contributed by atoms with E-state index in [0.717, 1.165) is 44.4 Å². The molecule has 0 bridgehead atoms. The van der Waals surface area contributed by atoms with E-state index in [4.69, 9.17) is 12.6 Å². The van der Waals surface area contributed by atoms with Gasteiger partial charge in [0, 0.05) is 0 Å². The molecule has 1 saturated carbocycles. The summed E-state index contributed by atoms with van der Waals surface area (Å²) >= 11 is 0. The maximum absolute atomic E-state index is 12.3. The van der Waals surface area contributed by atoms with Crippen molar-refractivity contribution in [1.82, 2.24) is 0 Å². The lowest BCUT2D eigenvalue weighted by Crippen LogP contribution is -2.35. The van der Waals surface area contributed by atoms with Crippen LogP contribution in [0.1, 0.15) is 73.1 Å². The molecule has 3 heteroatoms. The van der Waals surface area contributed by atoms with Gasteiger partial charge in [-0.15, -0.1) is 0 Å². The van der Waals surface area contributed by atoms with Crippen molar-refractivity contribution in [3.63, 3.8) is 0 Å². The average Bonchev–Trinajstić information content (AvgIpc) is 2.38. The lowest BCUT2D eigenvalue weighted by atomic mass is 9.71. The fourth-order valence-corrected chi connectivity index (χ4v) is 3.18. The molecule has 0 aromatic heterocycles. The standard InChI is InChI=1S/C17H31BO2/c1-6-11-17(5,12-18)15(19)20-14-9-7-13(8-10-14)16(2,3)4/h13-14H,6-12H2,1-5H3. The van der Waals surface area contributed by atoms with Gasteiger partial charge in [-0.3, -0.25) is 4.79 Å². The second kappa shape index (κ2) is 7.00. The predicted octanol–water partition coefficient (Wildman–Crippen LogP) is 4.53. The molecule has 2 nitrogen and oxygen atoms in total. The Balaban J connectivity index is 2.49. The third kappa shape index (κ3) is 4.53. The molecule has 1 unspecified atom stereocenters. The van der Waals surface area contributed by atoms with E-state index in [2.05, 4.69) is 27.7 Å². The zero-order valence-electron chi connectivity index (χ0n) is 14.0. The van der Waals surface area contributed by atoms with E-state index in [1.807, 2.05) is 6.92 Å². The molecule has 114 valence electrons. The molecule has 0 amide bonds. The molecular formula is C17H31BO2. The van der Waals surface area contributed by atoms with Gasteiger partial charge in [-0.2, -0.15) is 0 Å². The molecule has 0 aliphatic heterocycles. The molecule has 0 heterocycles. The minimum Gasteiger partial charge on any atom is -0.462 e. The van der Waals surface area contributed by atoms with Crippen molar-refractivity contribution >= 4 is 13.8 Å². The summed E-state index contributed by atoms with van der Waals surface area (Å²) in [5.41, 5.74) is -0.140. The van der Waals surface area contributed by atoms with Crippen LogP contribution in [0.4, 0.5) is 0 Å². The van der Waals surface area contributed by atoms with E-state index >= 15 is 0 Å². The molecule has 0 aromatic rings. The molecule has 0 N–H and O–H groups in total. The molecule has 1 fully saturated rings. The van der Waals surface area contributed by atoms with E-state index < -0.39 is 5.41 Å². The summed E-state index contributed by atoms with van der Waals surface area (Å²) < 4.78 is 5.74. The molecular weight excluding hydrogens is 247 g/mol. The second-order valence-corrected chi connectivity index (χ2v) is 7.76. The van der Waals surface area contributed by atoms with Crippen LogP contribution >= 0.6 is 0 Å². The van der Waals surface area contributed by atoms with E-state index in [1.165, 1.54) is 0 Å². The number of rotatable bonds is 5. The summed E-state index contributed by atoms with van der Waals surface area (Å²) in [5, 5.41) is 0. The Morgan fingerprint density at radius 1 is 1.15 bits per heavy atom. The third-order valence-electron chi connectivity index (χ3n) is 4.92. The van der Waals surface area contributed by atoms with Crippen molar-refractivity contribution in [2.45, 2.75) is 85.6 Å². The summed E-state index contributed by atoms with van der Waals surface area (Å²) in [6, 6.07) is 0. The summed E-state index contributed by atoms with van der Waals surface area (Å²) in [4.78, 5) is 12.3. The summed E-state index contributed by atoms with van der Waals surface area (Å²) in [7, 11) is 5.78. The van der Waals surface area contributed by atoms with Crippen molar-refractivity contribution in [3.8, 4) is 0 Å². The van der Waals surface area contributed by atoms with Gasteiger partial charge in [-0.05, 0) is 50.4 Å². The largest absolute Gasteiger partial charge is 0.462 e. The monoisotopic (exact) mass is 278 g/mol. The molecule has 20 heavy (non-hydrogen) atoms. The zero-order valence-corrected chi connectivity index (χ0v) is 14.0. The van der Waals surface area contributed by atoms with Crippen LogP contribution in [0.25, 0.3) is 0 Å². The number of carbonyl (C=O) groups excluding carboxylic acids is 1. The first kappa shape index (κ1) is 17.6. The van der Waals surface area contributed by atoms with Crippen LogP contribution in [-0.2, 0) is 9.53 Å². The molecule has 1 aliphatic carbocycles. The SMILES string of the molecule is [B]CC(C)(CCC)C(=O)OC1CCC(C(C)(C)C)CC1. The lowest BCUT2D eigenvalue weighted by molar-refractivity contribution is -0.162. The van der Waals surface area contributed by atoms with Gasteiger partial charge in [-0.25, -0.2) is 0 Å². The number of hydrogen-bond donors (Lipinski definition) is 0. The molecule has 0 saturated heterocycles. The van der Waals surface area contributed by atoms with Crippen LogP contribution in [0.15, 0.2) is 0 Å². The van der Waals surface area contributed by atoms with Gasteiger partial charge in [-0.1, -0.05) is 40.4 Å². The third-order valence-corrected chi connectivity index (χ3v) is 4.92. The normalized spacial score (nSPS) is 26.9. The molecule has 1 atom stereocenters. The number of ether oxygens (including phenoxy) is 1. The highest BCUT2D eigenvalue weighted by Crippen LogP contribution is 2.39. The van der Waals surface area contributed by atoms with Gasteiger partial charge >= 0.3 is 5.97 Å². The highest BCUT2D eigenvalue weighted by Gasteiger charge is 2.36. The van der Waals surface area contributed by atoms with Crippen LogP contribution in [0, 0.1) is 16.7 Å². The quantitative estimate of drug-likeness (QED) is 0.545. The molecule has 1 aliphatic rings. The number of carbonyl (C=O) groups is 1. The van der Waals surface area contributed by atoms with Crippen LogP contribution in [0.5, 0.6) is 0 Å². The Bertz CT molecular complexity index is 313. The molecule has 2 radical (unpaired) electrons. The van der Waals surface area contributed by atoms with E-state index in [9.17, 15) is 4.79 Å². The van der Waals surface area contributed by atoms with Crippen molar-refractivity contribution in [3.05, 3.63) is 0 Å². The van der Waals surface area contributed by atoms with Crippen molar-refractivity contribution in [2.75, 3.05) is 0 Å². The minimum atomic E-state index is -0.504. The summed E-state index contributed by atoms with van der Waals surface area (Å²) in [5.74, 6) is 0.648. The van der Waals surface area contributed by atoms with Crippen LogP contribution in [-0.4, -0.2) is 19.9 Å². The topological polar surface area (TPSA) is 26.3 Å². The fourth-order valence-electron chi connectivity index (χ4n) is 3.18. The van der Waals surface area contributed by atoms with Gasteiger partial charge in [0.05, 0.1) is 13.3 Å². The maximum atomic E-state index is 12.3. The predicted molar refractivity (Wildman–Crippen MR) is 84.9 cm³/mol. The Labute approximate surface area is 126 Å². The first-order chi connectivity index (χ1) is 9.23. The Morgan fingerprint density at radius 3 is 2.10 bits per heavy atom. The average molecular weight is 278 g/mol. The second-order valence-electron chi connectivity index (χ2n) is 7.76. The van der Waals surface area contributed by atoms with Crippen LogP contribution in [0.2, 0.25) is 6.32 Å². The number of esters is 1. The first-order valence-corrected chi connectivity index (χ1v) is 8.14. The van der Waals surface area contributed by atoms with Crippen LogP contribution < -0.4 is 0 Å². The summed E-state index contributed by atoms with van der Waals surface area (Å²) in [6.07, 6.45) is 6.56. The van der Waals surface area contributed by atoms with Crippen LogP contribution in [0.3, 0.4) is 0 Å². The molecule has 0 spiro atoms. The minimum absolute atomic E-state index is 0.0962. The Hall–Kier alpha value is -0.465. The number of hydrogen-bond acceptors (Lipinski definition) is 2. The fraction of sp³-hybridized carbons (Fsp3) is 0.941. The van der Waals surface area contributed by atoms with Crippen molar-refractivity contribution < 1.29 is 9.53 Å². The van der Waals surface area contributed by atoms with Crippen molar-refractivity contribution in [2.24, 2.45) is 16.7 Å². The Kier molecular flexibility index (Phi) is 6.15. The maximum Gasteiger partial charge on any atom is 0.311 e. The van der Waals surface area contributed by atoms with E-state index in [1.54, 1.807) is 0 Å². The van der Waals surface area contributed by atoms with Gasteiger partial charge in [0.1, 0.15) is 6.10 Å². The lowest BCUT2D eigenvalue weighted by Gasteiger charge is -2.37. The molecule has 1 rings (SSSR count).